The van der Waals surface area contributed by atoms with Gasteiger partial charge in [-0.1, -0.05) is 25.5 Å². The summed E-state index contributed by atoms with van der Waals surface area (Å²) in [6.07, 6.45) is 2.50. The highest BCUT2D eigenvalue weighted by atomic mass is 35.5. The molecule has 0 radical (unpaired) electrons. The van der Waals surface area contributed by atoms with E-state index < -0.39 is 10.2 Å². The molecule has 7 heteroatoms. The van der Waals surface area contributed by atoms with Crippen molar-refractivity contribution in [3.05, 3.63) is 29.8 Å². The van der Waals surface area contributed by atoms with Gasteiger partial charge in [0.05, 0.1) is 0 Å². The molecule has 0 fully saturated rings. The van der Waals surface area contributed by atoms with Crippen molar-refractivity contribution >= 4 is 28.3 Å². The maximum absolute atomic E-state index is 11.9. The third-order valence-electron chi connectivity index (χ3n) is 2.91. The molecule has 1 aromatic carbocycles. The molecule has 1 rings (SSSR count). The van der Waals surface area contributed by atoms with Crippen LogP contribution in [-0.4, -0.2) is 32.9 Å². The second-order valence-corrected chi connectivity index (χ2v) is 6.43. The molecule has 1 aromatic rings. The molecule has 0 amide bonds. The second kappa shape index (κ2) is 9.18. The SMILES string of the molecule is CCCCN(C)S(=O)(=O)NCCc1ccc(N)cc1.Cl. The maximum atomic E-state index is 11.9. The van der Waals surface area contributed by atoms with E-state index in [1.807, 2.05) is 31.2 Å². The van der Waals surface area contributed by atoms with Gasteiger partial charge >= 0.3 is 0 Å². The van der Waals surface area contributed by atoms with Crippen LogP contribution >= 0.6 is 12.4 Å². The molecule has 5 nitrogen and oxygen atoms in total. The molecule has 0 aromatic heterocycles. The first-order valence-electron chi connectivity index (χ1n) is 6.51. The van der Waals surface area contributed by atoms with Crippen LogP contribution in [0.3, 0.4) is 0 Å². The van der Waals surface area contributed by atoms with Gasteiger partial charge in [-0.15, -0.1) is 12.4 Å². The highest BCUT2D eigenvalue weighted by Gasteiger charge is 2.15. The fourth-order valence-electron chi connectivity index (χ4n) is 1.62. The molecule has 116 valence electrons. The first-order valence-corrected chi connectivity index (χ1v) is 7.95. The second-order valence-electron chi connectivity index (χ2n) is 4.57. The lowest BCUT2D eigenvalue weighted by atomic mass is 10.1. The lowest BCUT2D eigenvalue weighted by Crippen LogP contribution is -2.39. The number of nitrogens with one attached hydrogen (secondary N) is 1. The Hall–Kier alpha value is -0.820. The fraction of sp³-hybridized carbons (Fsp3) is 0.538. The standard InChI is InChI=1S/C13H23N3O2S.ClH/c1-3-4-11-16(2)19(17,18)15-10-9-12-5-7-13(14)8-6-12;/h5-8,15H,3-4,9-11,14H2,1-2H3;1H. The Bertz CT molecular complexity index is 477. The van der Waals surface area contributed by atoms with Crippen molar-refractivity contribution in [1.29, 1.82) is 0 Å². The van der Waals surface area contributed by atoms with Crippen molar-refractivity contribution in [2.75, 3.05) is 25.9 Å². The highest BCUT2D eigenvalue weighted by Crippen LogP contribution is 2.06. The highest BCUT2D eigenvalue weighted by molar-refractivity contribution is 7.87. The monoisotopic (exact) mass is 321 g/mol. The van der Waals surface area contributed by atoms with Gasteiger partial charge in [-0.05, 0) is 30.5 Å². The van der Waals surface area contributed by atoms with Gasteiger partial charge in [0.25, 0.3) is 10.2 Å². The van der Waals surface area contributed by atoms with Crippen LogP contribution in [-0.2, 0) is 16.6 Å². The largest absolute Gasteiger partial charge is 0.399 e. The Labute approximate surface area is 128 Å². The average molecular weight is 322 g/mol. The van der Waals surface area contributed by atoms with Crippen molar-refractivity contribution in [1.82, 2.24) is 9.03 Å². The van der Waals surface area contributed by atoms with E-state index >= 15 is 0 Å². The first-order chi connectivity index (χ1) is 8.95. The quantitative estimate of drug-likeness (QED) is 0.717. The molecular weight excluding hydrogens is 298 g/mol. The summed E-state index contributed by atoms with van der Waals surface area (Å²) < 4.78 is 27.7. The van der Waals surface area contributed by atoms with Crippen molar-refractivity contribution in [3.8, 4) is 0 Å². The summed E-state index contributed by atoms with van der Waals surface area (Å²) in [6, 6.07) is 7.45. The molecule has 0 aliphatic heterocycles. The third-order valence-corrected chi connectivity index (χ3v) is 4.49. The Morgan fingerprint density at radius 1 is 1.25 bits per heavy atom. The van der Waals surface area contributed by atoms with Crippen LogP contribution < -0.4 is 10.5 Å². The van der Waals surface area contributed by atoms with Crippen LogP contribution in [0, 0.1) is 0 Å². The van der Waals surface area contributed by atoms with E-state index in [1.165, 1.54) is 4.31 Å². The van der Waals surface area contributed by atoms with Gasteiger partial charge in [0.15, 0.2) is 0 Å². The molecule has 0 heterocycles. The summed E-state index contributed by atoms with van der Waals surface area (Å²) in [5.74, 6) is 0. The van der Waals surface area contributed by atoms with Gasteiger partial charge in [0.1, 0.15) is 0 Å². The summed E-state index contributed by atoms with van der Waals surface area (Å²) >= 11 is 0. The minimum absolute atomic E-state index is 0. The number of hydrogen-bond acceptors (Lipinski definition) is 3. The Morgan fingerprint density at radius 2 is 1.85 bits per heavy atom. The van der Waals surface area contributed by atoms with Crippen molar-refractivity contribution in [2.45, 2.75) is 26.2 Å². The van der Waals surface area contributed by atoms with E-state index in [1.54, 1.807) is 7.05 Å². The predicted molar refractivity (Wildman–Crippen MR) is 86.3 cm³/mol. The number of nitrogens with two attached hydrogens (primary N) is 1. The van der Waals surface area contributed by atoms with Gasteiger partial charge in [-0.2, -0.15) is 12.7 Å². The van der Waals surface area contributed by atoms with Crippen LogP contribution in [0.4, 0.5) is 5.69 Å². The molecule has 0 bridgehead atoms. The number of hydrogen-bond donors (Lipinski definition) is 2. The molecule has 0 saturated carbocycles. The van der Waals surface area contributed by atoms with E-state index in [0.717, 1.165) is 18.4 Å². The van der Waals surface area contributed by atoms with Crippen molar-refractivity contribution < 1.29 is 8.42 Å². The zero-order valence-electron chi connectivity index (χ0n) is 12.0. The molecule has 3 N–H and O–H groups in total. The predicted octanol–water partition coefficient (Wildman–Crippen LogP) is 1.80. The number of halogens is 1. The Kier molecular flexibility index (Phi) is 8.80. The van der Waals surface area contributed by atoms with Gasteiger partial charge in [0, 0.05) is 25.8 Å². The third kappa shape index (κ3) is 6.56. The van der Waals surface area contributed by atoms with Gasteiger partial charge in [-0.3, -0.25) is 0 Å². The number of benzene rings is 1. The van der Waals surface area contributed by atoms with E-state index in [9.17, 15) is 8.42 Å². The summed E-state index contributed by atoms with van der Waals surface area (Å²) in [5, 5.41) is 0. The van der Waals surface area contributed by atoms with Crippen molar-refractivity contribution in [2.24, 2.45) is 0 Å². The number of nitrogens with zero attached hydrogens (tertiary/aromatic N) is 1. The maximum Gasteiger partial charge on any atom is 0.279 e. The summed E-state index contributed by atoms with van der Waals surface area (Å²) in [7, 11) is -1.75. The normalized spacial score (nSPS) is 11.3. The van der Waals surface area contributed by atoms with Gasteiger partial charge in [-0.25, -0.2) is 4.72 Å². The van der Waals surface area contributed by atoms with Gasteiger partial charge < -0.3 is 5.73 Å². The number of anilines is 1. The lowest BCUT2D eigenvalue weighted by Gasteiger charge is -2.17. The molecule has 0 aliphatic rings. The average Bonchev–Trinajstić information content (AvgIpc) is 2.38. The molecule has 0 saturated heterocycles. The number of rotatable bonds is 8. The summed E-state index contributed by atoms with van der Waals surface area (Å²) in [4.78, 5) is 0. The zero-order valence-corrected chi connectivity index (χ0v) is 13.6. The molecular formula is C13H24ClN3O2S. The molecule has 0 spiro atoms. The zero-order chi connectivity index (χ0) is 14.3. The van der Waals surface area contributed by atoms with Crippen LogP contribution in [0.5, 0.6) is 0 Å². The summed E-state index contributed by atoms with van der Waals surface area (Å²) in [6.45, 7) is 2.98. The van der Waals surface area contributed by atoms with Crippen LogP contribution in [0.2, 0.25) is 0 Å². The first kappa shape index (κ1) is 19.2. The topological polar surface area (TPSA) is 75.4 Å². The number of unbranched alkanes of at least 4 members (excludes halogenated alkanes) is 1. The van der Waals surface area contributed by atoms with E-state index in [4.69, 9.17) is 5.73 Å². The smallest absolute Gasteiger partial charge is 0.279 e. The minimum Gasteiger partial charge on any atom is -0.399 e. The lowest BCUT2D eigenvalue weighted by molar-refractivity contribution is 0.449. The fourth-order valence-corrected chi connectivity index (χ4v) is 2.57. The van der Waals surface area contributed by atoms with Crippen LogP contribution in [0.25, 0.3) is 0 Å². The van der Waals surface area contributed by atoms with Crippen LogP contribution in [0.1, 0.15) is 25.3 Å². The minimum atomic E-state index is -3.35. The van der Waals surface area contributed by atoms with E-state index in [2.05, 4.69) is 4.72 Å². The van der Waals surface area contributed by atoms with E-state index in [-0.39, 0.29) is 12.4 Å². The molecule has 0 aliphatic carbocycles. The Morgan fingerprint density at radius 3 is 2.40 bits per heavy atom. The van der Waals surface area contributed by atoms with E-state index in [0.29, 0.717) is 25.2 Å². The van der Waals surface area contributed by atoms with Gasteiger partial charge in [0.2, 0.25) is 0 Å². The number of nitrogen functional groups attached to an aromatic ring is 1. The summed E-state index contributed by atoms with van der Waals surface area (Å²) in [5.41, 5.74) is 7.37. The van der Waals surface area contributed by atoms with Crippen LogP contribution in [0.15, 0.2) is 24.3 Å². The molecule has 0 unspecified atom stereocenters. The molecule has 0 atom stereocenters. The van der Waals surface area contributed by atoms with Crippen molar-refractivity contribution in [3.63, 3.8) is 0 Å². The molecule has 20 heavy (non-hydrogen) atoms. The Balaban J connectivity index is 0.00000361.